The molecule has 0 saturated carbocycles. The van der Waals surface area contributed by atoms with Crippen LogP contribution in [-0.2, 0) is 91.2 Å². The number of nitrogens with one attached hydrogen (secondary N) is 14. The van der Waals surface area contributed by atoms with Crippen LogP contribution >= 0.6 is 0 Å². The topological polar surface area (TPSA) is 650 Å². The van der Waals surface area contributed by atoms with E-state index in [0.29, 0.717) is 28.5 Å². The lowest BCUT2D eigenvalue weighted by atomic mass is 10.0. The van der Waals surface area contributed by atoms with E-state index in [1.165, 1.54) is 50.6 Å². The zero-order chi connectivity index (χ0) is 74.5. The van der Waals surface area contributed by atoms with Crippen molar-refractivity contribution in [3.63, 3.8) is 0 Å². The number of aromatic nitrogens is 3. The molecule has 0 aliphatic rings. The molecule has 0 aliphatic carbocycles. The first-order chi connectivity index (χ1) is 47.2. The highest BCUT2D eigenvalue weighted by molar-refractivity contribution is 6.00. The second-order valence-electron chi connectivity index (χ2n) is 23.3. The van der Waals surface area contributed by atoms with Crippen LogP contribution in [0.2, 0.25) is 0 Å². The number of phenolic OH excluding ortho intramolecular Hbond substituents is 1. The molecule has 0 radical (unpaired) electrons. The van der Waals surface area contributed by atoms with Gasteiger partial charge in [-0.05, 0) is 82.8 Å². The molecule has 0 spiro atoms. The second-order valence-corrected chi connectivity index (χ2v) is 23.3. The SMILES string of the molecule is C[C@H](NC(=O)[C@H](CO)NC(=O)[C@H](C)NC(=O)[C@H](Cc1ccc(O)cc1)NC(=O)[C@@H](NC(=O)[C@@H](N)CC(N)=O)[C@@H](C)O)C(=O)N[C@@H](CCCCN)C(=O)N[C@@H](Cc1c[nH]c2ccccc12)C(=O)N[C@H](C(=O)N[C@@H](Cc1cnc[nH]1)C(=O)N[C@@H](CC(N)=O)C(=O)NCC(=O)NCC(=O)O)[C@@H](C)O. The van der Waals surface area contributed by atoms with E-state index in [1.807, 2.05) is 5.32 Å². The first kappa shape index (κ1) is 81.3. The van der Waals surface area contributed by atoms with E-state index >= 15 is 0 Å². The normalized spacial score (nSPS) is 15.0. The van der Waals surface area contributed by atoms with Gasteiger partial charge in [-0.2, -0.15) is 0 Å². The molecular weight excluding hydrogens is 1320 g/mol. The molecule has 0 fully saturated rings. The summed E-state index contributed by atoms with van der Waals surface area (Å²) in [6.45, 7) is 2.11. The molecule has 13 atom stereocenters. The van der Waals surface area contributed by atoms with Crippen LogP contribution in [0.25, 0.3) is 10.9 Å². The van der Waals surface area contributed by atoms with E-state index < -0.39 is 206 Å². The molecule has 4 aromatic rings. The van der Waals surface area contributed by atoms with Crippen LogP contribution in [0.5, 0.6) is 5.75 Å². The van der Waals surface area contributed by atoms with Crippen LogP contribution in [0.15, 0.2) is 67.3 Å². The lowest BCUT2D eigenvalue weighted by Gasteiger charge is -2.28. The van der Waals surface area contributed by atoms with Gasteiger partial charge in [0.15, 0.2) is 0 Å². The number of hydrogen-bond donors (Lipinski definition) is 23. The van der Waals surface area contributed by atoms with Gasteiger partial charge < -0.3 is 122 Å². The fourth-order valence-electron chi connectivity index (χ4n) is 9.58. The summed E-state index contributed by atoms with van der Waals surface area (Å²) in [4.78, 5) is 208. The summed E-state index contributed by atoms with van der Waals surface area (Å²) >= 11 is 0. The van der Waals surface area contributed by atoms with Crippen LogP contribution in [0.3, 0.4) is 0 Å². The smallest absolute Gasteiger partial charge is 0.322 e. The highest BCUT2D eigenvalue weighted by Crippen LogP contribution is 2.20. The van der Waals surface area contributed by atoms with Crippen LogP contribution < -0.4 is 86.7 Å². The standard InChI is InChI=1S/C61H87N19O20/c1-28(72-59(98)44(26-81)78-52(91)29(2)71-56(95)40(17-32-12-14-35(84)15-13-32)76-60(99)49(30(3)82)79-53(92)37(63)20-45(64)85)51(90)73-39(11-7-8-16-62)55(94)74-41(18-33-22-67-38-10-6-5-9-36(33)38)58(97)80-50(31(4)83)61(100)77-42(19-34-23-66-27-70-34)57(96)75-43(21-46(65)86)54(93)69-24-47(87)68-25-48(88)89/h5-6,9-10,12-15,22-23,27-31,37,39-44,49-50,67,81-84H,7-8,11,16-21,24-26,62-63H2,1-4H3,(H2,64,85)(H2,65,86)(H,66,70)(H,68,87)(H,69,93)(H,71,95)(H,72,98)(H,73,90)(H,74,94)(H,75,96)(H,76,99)(H,77,100)(H,78,91)(H,79,92)(H,80,97)(H,88,89)/t28-,29-,30+,31+,37-,39-,40-,41-,42-,43-,44-,49-,50-/m0/s1. The average molecular weight is 1410 g/mol. The molecule has 2 heterocycles. The van der Waals surface area contributed by atoms with Crippen molar-refractivity contribution in [3.8, 4) is 5.75 Å². The van der Waals surface area contributed by atoms with Gasteiger partial charge in [0.2, 0.25) is 82.7 Å². The fourth-order valence-corrected chi connectivity index (χ4v) is 9.58. The maximum Gasteiger partial charge on any atom is 0.322 e. The number of aromatic amines is 2. The number of primary amides is 2. The van der Waals surface area contributed by atoms with Crippen molar-refractivity contribution in [2.24, 2.45) is 22.9 Å². The lowest BCUT2D eigenvalue weighted by molar-refractivity contribution is -0.138. The molecule has 39 heteroatoms. The number of carbonyl (C=O) groups excluding carboxylic acids is 14. The minimum atomic E-state index is -1.92. The third-order valence-electron chi connectivity index (χ3n) is 15.0. The number of amides is 14. The lowest BCUT2D eigenvalue weighted by Crippen LogP contribution is -2.62. The molecule has 2 aromatic heterocycles. The summed E-state index contributed by atoms with van der Waals surface area (Å²) in [6, 6.07) is -5.94. The number of carboxylic acids is 1. The number of nitrogens with two attached hydrogens (primary N) is 4. The predicted octanol–water partition coefficient (Wildman–Crippen LogP) is -9.21. The Morgan fingerprint density at radius 1 is 0.520 bits per heavy atom. The maximum atomic E-state index is 14.7. The molecule has 546 valence electrons. The number of aliphatic hydroxyl groups excluding tert-OH is 3. The van der Waals surface area contributed by atoms with E-state index in [0.717, 1.165) is 13.8 Å². The van der Waals surface area contributed by atoms with Gasteiger partial charge in [-0.25, -0.2) is 4.98 Å². The van der Waals surface area contributed by atoms with Crippen LogP contribution in [0.1, 0.15) is 76.6 Å². The number of benzene rings is 2. The Hall–Kier alpha value is -11.2. The van der Waals surface area contributed by atoms with Gasteiger partial charge in [0, 0.05) is 48.3 Å². The van der Waals surface area contributed by atoms with Gasteiger partial charge in [0.1, 0.15) is 72.7 Å². The van der Waals surface area contributed by atoms with Crippen LogP contribution in [-0.4, -0.2) is 234 Å². The molecule has 4 rings (SSSR count). The van der Waals surface area contributed by atoms with Crippen molar-refractivity contribution < 1.29 is 97.5 Å². The Labute approximate surface area is 570 Å². The number of fused-ring (bicyclic) bond motifs is 1. The fraction of sp³-hybridized carbons (Fsp3) is 0.475. The molecule has 0 bridgehead atoms. The van der Waals surface area contributed by atoms with Gasteiger partial charge >= 0.3 is 5.97 Å². The van der Waals surface area contributed by atoms with Crippen molar-refractivity contribution in [1.82, 2.24) is 78.8 Å². The third-order valence-corrected chi connectivity index (χ3v) is 15.0. The minimum absolute atomic E-state index is 0.122. The van der Waals surface area contributed by atoms with Crippen LogP contribution in [0, 0.1) is 0 Å². The Kier molecular flexibility index (Phi) is 32.4. The Balaban J connectivity index is 1.53. The number of carbonyl (C=O) groups is 15. The number of phenols is 1. The van der Waals surface area contributed by atoms with E-state index in [-0.39, 0.29) is 43.7 Å². The summed E-state index contributed by atoms with van der Waals surface area (Å²) in [5.74, 6) is -16.4. The molecule has 0 unspecified atom stereocenters. The first-order valence-electron chi connectivity index (χ1n) is 31.3. The number of imidazole rings is 1. The monoisotopic (exact) mass is 1410 g/mol. The predicted molar refractivity (Wildman–Crippen MR) is 349 cm³/mol. The largest absolute Gasteiger partial charge is 0.508 e. The van der Waals surface area contributed by atoms with Crippen LogP contribution in [0.4, 0.5) is 0 Å². The number of hydrogen-bond acceptors (Lipinski definition) is 22. The highest BCUT2D eigenvalue weighted by Gasteiger charge is 2.38. The van der Waals surface area contributed by atoms with Gasteiger partial charge in [0.05, 0.1) is 50.6 Å². The number of aliphatic hydroxyl groups is 3. The van der Waals surface area contributed by atoms with E-state index in [2.05, 4.69) is 73.4 Å². The van der Waals surface area contributed by atoms with Crippen molar-refractivity contribution in [3.05, 3.63) is 84.1 Å². The summed E-state index contributed by atoms with van der Waals surface area (Å²) in [7, 11) is 0. The summed E-state index contributed by atoms with van der Waals surface area (Å²) in [5, 5.41) is 79.1. The number of para-hydroxylation sites is 1. The molecule has 0 saturated heterocycles. The number of nitrogens with zero attached hydrogens (tertiary/aromatic N) is 1. The van der Waals surface area contributed by atoms with Gasteiger partial charge in [-0.15, -0.1) is 0 Å². The zero-order valence-electron chi connectivity index (χ0n) is 55.0. The summed E-state index contributed by atoms with van der Waals surface area (Å²) < 4.78 is 0. The van der Waals surface area contributed by atoms with Gasteiger partial charge in [0.25, 0.3) is 0 Å². The summed E-state index contributed by atoms with van der Waals surface area (Å²) in [5.41, 5.74) is 23.6. The van der Waals surface area contributed by atoms with E-state index in [9.17, 15) is 92.3 Å². The van der Waals surface area contributed by atoms with Crippen molar-refractivity contribution in [1.29, 1.82) is 0 Å². The molecule has 0 aliphatic heterocycles. The highest BCUT2D eigenvalue weighted by atomic mass is 16.4. The van der Waals surface area contributed by atoms with E-state index in [4.69, 9.17) is 28.0 Å². The molecule has 27 N–H and O–H groups in total. The quantitative estimate of drug-likeness (QED) is 0.0183. The first-order valence-corrected chi connectivity index (χ1v) is 31.3. The van der Waals surface area contributed by atoms with Gasteiger partial charge in [-0.1, -0.05) is 30.3 Å². The molecule has 39 nitrogen and oxygen atoms in total. The average Bonchev–Trinajstić information content (AvgIpc) is 1.61. The molecule has 14 amide bonds. The Morgan fingerprint density at radius 2 is 1.02 bits per heavy atom. The molecule has 100 heavy (non-hydrogen) atoms. The van der Waals surface area contributed by atoms with Crippen molar-refractivity contribution >= 4 is 99.6 Å². The third kappa shape index (κ3) is 26.7. The Bertz CT molecular complexity index is 3530. The second kappa shape index (κ2) is 39.9. The maximum absolute atomic E-state index is 14.7. The number of aliphatic carboxylic acids is 1. The van der Waals surface area contributed by atoms with Gasteiger partial charge in [-0.3, -0.25) is 71.9 Å². The minimum Gasteiger partial charge on any atom is -0.508 e. The van der Waals surface area contributed by atoms with Crippen molar-refractivity contribution in [2.75, 3.05) is 26.2 Å². The van der Waals surface area contributed by atoms with E-state index in [1.54, 1.807) is 30.5 Å². The summed E-state index contributed by atoms with van der Waals surface area (Å²) in [6.07, 6.45) is -1.31. The Morgan fingerprint density at radius 3 is 1.57 bits per heavy atom. The number of rotatable bonds is 42. The number of unbranched alkanes of at least 4 members (excludes halogenated alkanes) is 1. The zero-order valence-corrected chi connectivity index (χ0v) is 55.0. The molecule has 2 aromatic carbocycles. The van der Waals surface area contributed by atoms with Crippen molar-refractivity contribution in [2.45, 2.75) is 158 Å². The number of H-pyrrole nitrogens is 2. The number of aromatic hydroxyl groups is 1. The molecular formula is C61H87N19O20. The number of carboxylic acid groups (broad SMARTS) is 1.